The minimum atomic E-state index is -0.129. The number of ether oxygens (including phenoxy) is 1. The molecule has 0 radical (unpaired) electrons. The first kappa shape index (κ1) is 20.5. The molecule has 154 valence electrons. The number of hydrogen-bond acceptors (Lipinski definition) is 4. The quantitative estimate of drug-likeness (QED) is 0.609. The highest BCUT2D eigenvalue weighted by molar-refractivity contribution is 6.30. The van der Waals surface area contributed by atoms with Gasteiger partial charge < -0.3 is 10.1 Å². The van der Waals surface area contributed by atoms with Crippen LogP contribution in [0.2, 0.25) is 5.02 Å². The van der Waals surface area contributed by atoms with Gasteiger partial charge in [-0.2, -0.15) is 0 Å². The lowest BCUT2D eigenvalue weighted by Gasteiger charge is -2.34. The number of rotatable bonds is 6. The zero-order valence-corrected chi connectivity index (χ0v) is 17.4. The number of hydrogen-bond donors (Lipinski definition) is 1. The number of morpholine rings is 1. The molecular formula is C24H24ClN3O2. The van der Waals surface area contributed by atoms with Crippen LogP contribution in [0.1, 0.15) is 17.2 Å². The van der Waals surface area contributed by atoms with Gasteiger partial charge in [0.2, 0.25) is 5.91 Å². The zero-order valence-electron chi connectivity index (χ0n) is 16.6. The highest BCUT2D eigenvalue weighted by Gasteiger charge is 2.23. The number of benzene rings is 2. The summed E-state index contributed by atoms with van der Waals surface area (Å²) >= 11 is 6.05. The molecule has 2 heterocycles. The van der Waals surface area contributed by atoms with Crippen molar-refractivity contribution < 1.29 is 9.53 Å². The van der Waals surface area contributed by atoms with Gasteiger partial charge >= 0.3 is 0 Å². The maximum atomic E-state index is 12.5. The Morgan fingerprint density at radius 3 is 2.70 bits per heavy atom. The number of amides is 1. The van der Waals surface area contributed by atoms with Crippen LogP contribution in [-0.4, -0.2) is 48.6 Å². The molecule has 3 aromatic rings. The molecule has 1 aromatic heterocycles. The van der Waals surface area contributed by atoms with Crippen LogP contribution in [0.3, 0.4) is 0 Å². The second kappa shape index (κ2) is 9.85. The highest BCUT2D eigenvalue weighted by atomic mass is 35.5. The molecule has 1 N–H and O–H groups in total. The third-order valence-electron chi connectivity index (χ3n) is 5.29. The van der Waals surface area contributed by atoms with Gasteiger partial charge in [0.05, 0.1) is 24.8 Å². The lowest BCUT2D eigenvalue weighted by Crippen LogP contribution is -2.43. The predicted octanol–water partition coefficient (Wildman–Crippen LogP) is 4.09. The van der Waals surface area contributed by atoms with E-state index >= 15 is 0 Å². The van der Waals surface area contributed by atoms with Crippen LogP contribution in [-0.2, 0) is 9.53 Å². The molecular weight excluding hydrogens is 398 g/mol. The van der Waals surface area contributed by atoms with Crippen molar-refractivity contribution in [3.8, 4) is 0 Å². The monoisotopic (exact) mass is 421 g/mol. The van der Waals surface area contributed by atoms with Crippen LogP contribution >= 0.6 is 11.6 Å². The van der Waals surface area contributed by atoms with Gasteiger partial charge in [0.1, 0.15) is 0 Å². The maximum Gasteiger partial charge on any atom is 0.244 e. The Bertz CT molecular complexity index is 1020. The molecule has 1 atom stereocenters. The Balaban J connectivity index is 1.45. The Kier molecular flexibility index (Phi) is 6.74. The smallest absolute Gasteiger partial charge is 0.244 e. The standard InChI is InChI=1S/C24H24ClN3O2/c25-21-9-6-18(7-10-21)22(28-13-15-30-16-14-28)17-27-23(29)11-8-20-4-1-3-19-5-2-12-26-24(19)20/h1-12,22H,13-17H2,(H,27,29)/b11-8+. The molecule has 1 unspecified atom stereocenters. The van der Waals surface area contributed by atoms with E-state index in [1.54, 1.807) is 12.3 Å². The summed E-state index contributed by atoms with van der Waals surface area (Å²) in [4.78, 5) is 19.3. The van der Waals surface area contributed by atoms with Gasteiger partial charge in [0, 0.05) is 47.9 Å². The summed E-state index contributed by atoms with van der Waals surface area (Å²) in [7, 11) is 0. The summed E-state index contributed by atoms with van der Waals surface area (Å²) in [6.07, 6.45) is 5.15. The Morgan fingerprint density at radius 1 is 1.13 bits per heavy atom. The Labute approximate surface area is 181 Å². The number of pyridine rings is 1. The zero-order chi connectivity index (χ0) is 20.8. The number of carbonyl (C=O) groups excluding carboxylic acids is 1. The van der Waals surface area contributed by atoms with Crippen molar-refractivity contribution in [2.24, 2.45) is 0 Å². The maximum absolute atomic E-state index is 12.5. The summed E-state index contributed by atoms with van der Waals surface area (Å²) in [5.41, 5.74) is 2.94. The van der Waals surface area contributed by atoms with E-state index < -0.39 is 0 Å². The van der Waals surface area contributed by atoms with E-state index in [4.69, 9.17) is 16.3 Å². The molecule has 0 spiro atoms. The molecule has 6 heteroatoms. The van der Waals surface area contributed by atoms with E-state index in [2.05, 4.69) is 15.2 Å². The van der Waals surface area contributed by atoms with Gasteiger partial charge in [-0.05, 0) is 29.8 Å². The van der Waals surface area contributed by atoms with Crippen LogP contribution in [0.15, 0.2) is 66.9 Å². The molecule has 0 aliphatic carbocycles. The average molecular weight is 422 g/mol. The van der Waals surface area contributed by atoms with Crippen LogP contribution in [0.25, 0.3) is 17.0 Å². The SMILES string of the molecule is O=C(/C=C/c1cccc2cccnc12)NCC(c1ccc(Cl)cc1)N1CCOCC1. The Hall–Kier alpha value is -2.73. The number of nitrogens with zero attached hydrogens (tertiary/aromatic N) is 2. The molecule has 1 aliphatic rings. The van der Waals surface area contributed by atoms with Gasteiger partial charge in [-0.3, -0.25) is 14.7 Å². The fourth-order valence-electron chi connectivity index (χ4n) is 3.72. The van der Waals surface area contributed by atoms with Gasteiger partial charge in [0.25, 0.3) is 0 Å². The first-order valence-corrected chi connectivity index (χ1v) is 10.5. The Morgan fingerprint density at radius 2 is 1.90 bits per heavy atom. The molecule has 5 nitrogen and oxygen atoms in total. The van der Waals surface area contributed by atoms with Gasteiger partial charge in [-0.25, -0.2) is 0 Å². The fourth-order valence-corrected chi connectivity index (χ4v) is 3.84. The first-order valence-electron chi connectivity index (χ1n) is 10.1. The number of halogens is 1. The van der Waals surface area contributed by atoms with E-state index in [-0.39, 0.29) is 11.9 Å². The van der Waals surface area contributed by atoms with E-state index in [1.165, 1.54) is 0 Å². The van der Waals surface area contributed by atoms with E-state index in [0.717, 1.165) is 35.1 Å². The minimum absolute atomic E-state index is 0.0720. The molecule has 0 saturated carbocycles. The van der Waals surface area contributed by atoms with Crippen LogP contribution in [0.5, 0.6) is 0 Å². The molecule has 1 fully saturated rings. The second-order valence-electron chi connectivity index (χ2n) is 7.22. The fraction of sp³-hybridized carbons (Fsp3) is 0.250. The number of fused-ring (bicyclic) bond motifs is 1. The van der Waals surface area contributed by atoms with Gasteiger partial charge in [-0.15, -0.1) is 0 Å². The van der Waals surface area contributed by atoms with Crippen LogP contribution < -0.4 is 5.32 Å². The molecule has 1 aliphatic heterocycles. The van der Waals surface area contributed by atoms with Crippen molar-refractivity contribution in [3.05, 3.63) is 83.0 Å². The summed E-state index contributed by atoms with van der Waals surface area (Å²) in [6.45, 7) is 3.58. The minimum Gasteiger partial charge on any atom is -0.379 e. The summed E-state index contributed by atoms with van der Waals surface area (Å²) in [6, 6.07) is 17.8. The highest BCUT2D eigenvalue weighted by Crippen LogP contribution is 2.23. The molecule has 30 heavy (non-hydrogen) atoms. The molecule has 1 saturated heterocycles. The van der Waals surface area contributed by atoms with Crippen molar-refractivity contribution in [1.29, 1.82) is 0 Å². The summed E-state index contributed by atoms with van der Waals surface area (Å²) < 4.78 is 5.49. The van der Waals surface area contributed by atoms with Crippen molar-refractivity contribution >= 4 is 34.5 Å². The number of nitrogens with one attached hydrogen (secondary N) is 1. The summed E-state index contributed by atoms with van der Waals surface area (Å²) in [5.74, 6) is -0.129. The topological polar surface area (TPSA) is 54.5 Å². The van der Waals surface area contributed by atoms with Crippen molar-refractivity contribution in [2.75, 3.05) is 32.8 Å². The lowest BCUT2D eigenvalue weighted by atomic mass is 10.0. The first-order chi connectivity index (χ1) is 14.7. The molecule has 2 aromatic carbocycles. The van der Waals surface area contributed by atoms with Crippen molar-refractivity contribution in [1.82, 2.24) is 15.2 Å². The van der Waals surface area contributed by atoms with Crippen molar-refractivity contribution in [2.45, 2.75) is 6.04 Å². The van der Waals surface area contributed by atoms with E-state index in [9.17, 15) is 4.79 Å². The second-order valence-corrected chi connectivity index (χ2v) is 7.65. The van der Waals surface area contributed by atoms with E-state index in [1.807, 2.05) is 60.7 Å². The normalized spacial score (nSPS) is 16.0. The molecule has 1 amide bonds. The number of para-hydroxylation sites is 1. The number of aromatic nitrogens is 1. The van der Waals surface area contributed by atoms with Gasteiger partial charge in [-0.1, -0.05) is 48.0 Å². The van der Waals surface area contributed by atoms with Crippen LogP contribution in [0, 0.1) is 0 Å². The van der Waals surface area contributed by atoms with Crippen molar-refractivity contribution in [3.63, 3.8) is 0 Å². The van der Waals surface area contributed by atoms with E-state index in [0.29, 0.717) is 24.8 Å². The largest absolute Gasteiger partial charge is 0.379 e. The van der Waals surface area contributed by atoms with Crippen LogP contribution in [0.4, 0.5) is 0 Å². The molecule has 0 bridgehead atoms. The summed E-state index contributed by atoms with van der Waals surface area (Å²) in [5, 5.41) is 4.80. The number of carbonyl (C=O) groups is 1. The third kappa shape index (κ3) is 5.05. The third-order valence-corrected chi connectivity index (χ3v) is 5.54. The van der Waals surface area contributed by atoms with Gasteiger partial charge in [0.15, 0.2) is 0 Å². The predicted molar refractivity (Wildman–Crippen MR) is 120 cm³/mol. The lowest BCUT2D eigenvalue weighted by molar-refractivity contribution is -0.116. The molecule has 4 rings (SSSR count). The average Bonchev–Trinajstić information content (AvgIpc) is 2.79.